The SMILES string of the molecule is O=C(O)C1CNC(=O)N1Cc1ccc2ccccc2c1. The quantitative estimate of drug-likeness (QED) is 0.893. The van der Waals surface area contributed by atoms with Gasteiger partial charge < -0.3 is 15.3 Å². The Morgan fingerprint density at radius 2 is 2.00 bits per heavy atom. The number of aliphatic carboxylic acids is 1. The molecule has 0 bridgehead atoms. The molecular weight excluding hydrogens is 256 g/mol. The Balaban J connectivity index is 1.88. The van der Waals surface area contributed by atoms with Gasteiger partial charge in [0.15, 0.2) is 0 Å². The maximum Gasteiger partial charge on any atom is 0.328 e. The van der Waals surface area contributed by atoms with Crippen molar-refractivity contribution >= 4 is 22.8 Å². The summed E-state index contributed by atoms with van der Waals surface area (Å²) in [6.45, 7) is 0.454. The molecule has 0 aliphatic carbocycles. The van der Waals surface area contributed by atoms with Crippen LogP contribution in [0.15, 0.2) is 42.5 Å². The van der Waals surface area contributed by atoms with E-state index < -0.39 is 12.0 Å². The zero-order chi connectivity index (χ0) is 14.1. The summed E-state index contributed by atoms with van der Waals surface area (Å²) < 4.78 is 0. The smallest absolute Gasteiger partial charge is 0.328 e. The predicted octanol–water partition coefficient (Wildman–Crippen LogP) is 1.82. The van der Waals surface area contributed by atoms with Gasteiger partial charge in [-0.05, 0) is 22.4 Å². The second-order valence-electron chi connectivity index (χ2n) is 4.85. The molecule has 5 heteroatoms. The molecule has 102 valence electrons. The molecule has 0 saturated carbocycles. The lowest BCUT2D eigenvalue weighted by Crippen LogP contribution is -2.38. The van der Waals surface area contributed by atoms with Crippen molar-refractivity contribution in [2.24, 2.45) is 0 Å². The van der Waals surface area contributed by atoms with Crippen LogP contribution in [0.4, 0.5) is 4.79 Å². The van der Waals surface area contributed by atoms with Crippen molar-refractivity contribution in [3.05, 3.63) is 48.0 Å². The largest absolute Gasteiger partial charge is 0.480 e. The van der Waals surface area contributed by atoms with Crippen LogP contribution >= 0.6 is 0 Å². The highest BCUT2D eigenvalue weighted by atomic mass is 16.4. The van der Waals surface area contributed by atoms with E-state index >= 15 is 0 Å². The van der Waals surface area contributed by atoms with Crippen molar-refractivity contribution in [2.45, 2.75) is 12.6 Å². The fourth-order valence-electron chi connectivity index (χ4n) is 2.47. The number of amides is 2. The number of nitrogens with one attached hydrogen (secondary N) is 1. The first-order chi connectivity index (χ1) is 9.65. The molecule has 1 unspecified atom stereocenters. The lowest BCUT2D eigenvalue weighted by atomic mass is 10.1. The average molecular weight is 270 g/mol. The molecule has 1 atom stereocenters. The Kier molecular flexibility index (Phi) is 3.02. The van der Waals surface area contributed by atoms with Crippen molar-refractivity contribution in [3.63, 3.8) is 0 Å². The highest BCUT2D eigenvalue weighted by Gasteiger charge is 2.35. The van der Waals surface area contributed by atoms with E-state index in [2.05, 4.69) is 5.32 Å². The molecule has 1 aliphatic heterocycles. The lowest BCUT2D eigenvalue weighted by molar-refractivity contribution is -0.141. The predicted molar refractivity (Wildman–Crippen MR) is 74.3 cm³/mol. The number of urea groups is 1. The van der Waals surface area contributed by atoms with Crippen molar-refractivity contribution in [1.29, 1.82) is 0 Å². The molecule has 3 rings (SSSR count). The van der Waals surface area contributed by atoms with Crippen LogP contribution in [0.3, 0.4) is 0 Å². The van der Waals surface area contributed by atoms with Crippen LogP contribution in [0, 0.1) is 0 Å². The number of nitrogens with zero attached hydrogens (tertiary/aromatic N) is 1. The first kappa shape index (κ1) is 12.5. The van der Waals surface area contributed by atoms with E-state index in [-0.39, 0.29) is 12.6 Å². The summed E-state index contributed by atoms with van der Waals surface area (Å²) in [5.41, 5.74) is 0.923. The zero-order valence-corrected chi connectivity index (χ0v) is 10.7. The minimum absolute atomic E-state index is 0.155. The number of fused-ring (bicyclic) bond motifs is 1. The molecule has 0 radical (unpaired) electrons. The topological polar surface area (TPSA) is 69.6 Å². The Morgan fingerprint density at radius 3 is 2.75 bits per heavy atom. The molecule has 0 spiro atoms. The number of carbonyl (C=O) groups is 2. The summed E-state index contributed by atoms with van der Waals surface area (Å²) in [6, 6.07) is 12.7. The van der Waals surface area contributed by atoms with Crippen molar-refractivity contribution in [3.8, 4) is 0 Å². The Hall–Kier alpha value is -2.56. The lowest BCUT2D eigenvalue weighted by Gasteiger charge is -2.20. The van der Waals surface area contributed by atoms with Crippen LogP contribution in [0.1, 0.15) is 5.56 Å². The molecule has 20 heavy (non-hydrogen) atoms. The van der Waals surface area contributed by atoms with Crippen molar-refractivity contribution in [1.82, 2.24) is 10.2 Å². The van der Waals surface area contributed by atoms with Gasteiger partial charge in [0.05, 0.1) is 6.54 Å². The third-order valence-electron chi connectivity index (χ3n) is 3.54. The summed E-state index contributed by atoms with van der Waals surface area (Å²) in [4.78, 5) is 24.2. The number of carboxylic acid groups (broad SMARTS) is 1. The number of carboxylic acids is 1. The molecule has 1 heterocycles. The van der Waals surface area contributed by atoms with Gasteiger partial charge in [0.2, 0.25) is 0 Å². The van der Waals surface area contributed by atoms with E-state index in [0.29, 0.717) is 6.54 Å². The van der Waals surface area contributed by atoms with E-state index in [4.69, 9.17) is 5.11 Å². The molecule has 1 fully saturated rings. The summed E-state index contributed by atoms with van der Waals surface area (Å²) in [7, 11) is 0. The molecule has 0 aromatic heterocycles. The number of hydrogen-bond acceptors (Lipinski definition) is 2. The van der Waals surface area contributed by atoms with E-state index in [0.717, 1.165) is 16.3 Å². The van der Waals surface area contributed by atoms with Crippen LogP contribution in [-0.4, -0.2) is 34.6 Å². The van der Waals surface area contributed by atoms with Gasteiger partial charge in [-0.15, -0.1) is 0 Å². The van der Waals surface area contributed by atoms with E-state index in [1.807, 2.05) is 42.5 Å². The molecule has 1 saturated heterocycles. The Bertz CT molecular complexity index is 684. The van der Waals surface area contributed by atoms with Gasteiger partial charge in [-0.3, -0.25) is 0 Å². The monoisotopic (exact) mass is 270 g/mol. The fraction of sp³-hybridized carbons (Fsp3) is 0.200. The van der Waals surface area contributed by atoms with Gasteiger partial charge in [0.25, 0.3) is 0 Å². The zero-order valence-electron chi connectivity index (χ0n) is 10.7. The number of rotatable bonds is 3. The van der Waals surface area contributed by atoms with Crippen LogP contribution in [0.2, 0.25) is 0 Å². The van der Waals surface area contributed by atoms with E-state index in [1.165, 1.54) is 4.90 Å². The maximum absolute atomic E-state index is 11.7. The first-order valence-electron chi connectivity index (χ1n) is 6.40. The molecule has 2 amide bonds. The summed E-state index contributed by atoms with van der Waals surface area (Å²) in [5, 5.41) is 13.9. The normalized spacial score (nSPS) is 18.3. The van der Waals surface area contributed by atoms with Crippen LogP contribution < -0.4 is 5.32 Å². The molecule has 2 aromatic rings. The molecular formula is C15H14N2O3. The van der Waals surface area contributed by atoms with Crippen LogP contribution in [0.5, 0.6) is 0 Å². The number of benzene rings is 2. The van der Waals surface area contributed by atoms with Gasteiger partial charge in [-0.25, -0.2) is 9.59 Å². The number of hydrogen-bond donors (Lipinski definition) is 2. The second-order valence-corrected chi connectivity index (χ2v) is 4.85. The summed E-state index contributed by atoms with van der Waals surface area (Å²) in [5.74, 6) is -0.982. The first-order valence-corrected chi connectivity index (χ1v) is 6.40. The van der Waals surface area contributed by atoms with Crippen molar-refractivity contribution in [2.75, 3.05) is 6.54 Å². The summed E-state index contributed by atoms with van der Waals surface area (Å²) >= 11 is 0. The van der Waals surface area contributed by atoms with Crippen molar-refractivity contribution < 1.29 is 14.7 Å². The summed E-state index contributed by atoms with van der Waals surface area (Å²) in [6.07, 6.45) is 0. The van der Waals surface area contributed by atoms with Gasteiger partial charge in [-0.2, -0.15) is 0 Å². The maximum atomic E-state index is 11.7. The van der Waals surface area contributed by atoms with Crippen LogP contribution in [-0.2, 0) is 11.3 Å². The van der Waals surface area contributed by atoms with E-state index in [9.17, 15) is 9.59 Å². The van der Waals surface area contributed by atoms with Gasteiger partial charge in [0, 0.05) is 6.54 Å². The highest BCUT2D eigenvalue weighted by Crippen LogP contribution is 2.19. The molecule has 2 aromatic carbocycles. The minimum Gasteiger partial charge on any atom is -0.480 e. The molecule has 5 nitrogen and oxygen atoms in total. The third-order valence-corrected chi connectivity index (χ3v) is 3.54. The van der Waals surface area contributed by atoms with Gasteiger partial charge >= 0.3 is 12.0 Å². The third kappa shape index (κ3) is 2.18. The molecule has 1 aliphatic rings. The number of carbonyl (C=O) groups excluding carboxylic acids is 1. The average Bonchev–Trinajstić information content (AvgIpc) is 2.80. The van der Waals surface area contributed by atoms with E-state index in [1.54, 1.807) is 0 Å². The highest BCUT2D eigenvalue weighted by molar-refractivity contribution is 5.87. The minimum atomic E-state index is -0.982. The Labute approximate surface area is 115 Å². The molecule has 2 N–H and O–H groups in total. The standard InChI is InChI=1S/C15H14N2O3/c18-14(19)13-8-16-15(20)17(13)9-10-5-6-11-3-1-2-4-12(11)7-10/h1-7,13H,8-9H2,(H,16,20)(H,18,19). The Morgan fingerprint density at radius 1 is 1.25 bits per heavy atom. The fourth-order valence-corrected chi connectivity index (χ4v) is 2.47. The van der Waals surface area contributed by atoms with Gasteiger partial charge in [-0.1, -0.05) is 36.4 Å². The second kappa shape index (κ2) is 4.85. The van der Waals surface area contributed by atoms with Crippen LogP contribution in [0.25, 0.3) is 10.8 Å². The van der Waals surface area contributed by atoms with Gasteiger partial charge in [0.1, 0.15) is 6.04 Å².